The molecule has 2 heterocycles. The molecule has 0 aliphatic rings. The van der Waals surface area contributed by atoms with E-state index in [9.17, 15) is 9.18 Å². The van der Waals surface area contributed by atoms with Crippen molar-refractivity contribution in [3.8, 4) is 28.4 Å². The first-order chi connectivity index (χ1) is 16.0. The van der Waals surface area contributed by atoms with Crippen molar-refractivity contribution in [3.05, 3.63) is 103 Å². The summed E-state index contributed by atoms with van der Waals surface area (Å²) in [6.45, 7) is 0. The van der Waals surface area contributed by atoms with E-state index in [1.165, 1.54) is 12.1 Å². The molecular weight excluding hydrogens is 419 g/mol. The molecule has 0 fully saturated rings. The Morgan fingerprint density at radius 2 is 1.58 bits per heavy atom. The Balaban J connectivity index is 1.52. The number of fused-ring (bicyclic) bond motifs is 1. The molecule has 2 aromatic heterocycles. The van der Waals surface area contributed by atoms with E-state index in [2.05, 4.69) is 4.98 Å². The van der Waals surface area contributed by atoms with Crippen LogP contribution in [0.2, 0.25) is 0 Å². The van der Waals surface area contributed by atoms with Gasteiger partial charge in [0, 0.05) is 17.3 Å². The van der Waals surface area contributed by atoms with Crippen LogP contribution in [0, 0.1) is 5.82 Å². The largest absolute Gasteiger partial charge is 0.457 e. The van der Waals surface area contributed by atoms with Crippen molar-refractivity contribution in [2.24, 2.45) is 5.73 Å². The number of anilines is 1. The topological polar surface area (TPSA) is 96.2 Å². The van der Waals surface area contributed by atoms with Crippen LogP contribution in [-0.4, -0.2) is 15.5 Å². The van der Waals surface area contributed by atoms with Gasteiger partial charge in [0.2, 0.25) is 0 Å². The number of hydrogen-bond donors (Lipinski definition) is 2. The molecule has 33 heavy (non-hydrogen) atoms. The molecule has 4 N–H and O–H groups in total. The van der Waals surface area contributed by atoms with E-state index in [0.717, 1.165) is 22.0 Å². The molecular formula is C26H19FN4O2. The quantitative estimate of drug-likeness (QED) is 0.364. The summed E-state index contributed by atoms with van der Waals surface area (Å²) in [7, 11) is 0. The third-order valence-electron chi connectivity index (χ3n) is 5.31. The van der Waals surface area contributed by atoms with E-state index in [1.54, 1.807) is 30.3 Å². The molecule has 0 bridgehead atoms. The van der Waals surface area contributed by atoms with Crippen molar-refractivity contribution in [2.45, 2.75) is 0 Å². The Kier molecular flexibility index (Phi) is 4.99. The first-order valence-corrected chi connectivity index (χ1v) is 10.2. The van der Waals surface area contributed by atoms with E-state index >= 15 is 0 Å². The zero-order valence-corrected chi connectivity index (χ0v) is 17.4. The summed E-state index contributed by atoms with van der Waals surface area (Å²) in [6.07, 6.45) is 1.86. The molecule has 0 saturated heterocycles. The lowest BCUT2D eigenvalue weighted by Crippen LogP contribution is -2.14. The van der Waals surface area contributed by atoms with Gasteiger partial charge >= 0.3 is 0 Å². The number of hydrogen-bond acceptors (Lipinski definition) is 4. The Morgan fingerprint density at radius 1 is 0.879 bits per heavy atom. The van der Waals surface area contributed by atoms with Crippen LogP contribution in [0.25, 0.3) is 27.8 Å². The minimum absolute atomic E-state index is 0.153. The van der Waals surface area contributed by atoms with Crippen LogP contribution in [0.5, 0.6) is 11.5 Å². The van der Waals surface area contributed by atoms with Gasteiger partial charge in [0.05, 0.1) is 5.52 Å². The highest BCUT2D eigenvalue weighted by Gasteiger charge is 2.13. The number of carbonyl (C=O) groups excluding carboxylic acids is 1. The number of pyridine rings is 1. The fourth-order valence-corrected chi connectivity index (χ4v) is 3.68. The standard InChI is InChI=1S/C26H19FN4O2/c27-18-6-10-20(11-7-18)33-19-8-4-16(5-9-19)17-14-23(26(29)32)30-25(15-17)31-13-12-21-22(28)2-1-3-24(21)31/h1-15H,28H2,(H2,29,32). The summed E-state index contributed by atoms with van der Waals surface area (Å²) in [5, 5.41) is 0.896. The summed E-state index contributed by atoms with van der Waals surface area (Å²) in [5.41, 5.74) is 15.0. The van der Waals surface area contributed by atoms with Crippen molar-refractivity contribution in [2.75, 3.05) is 5.73 Å². The van der Waals surface area contributed by atoms with Crippen LogP contribution in [0.15, 0.2) is 91.1 Å². The number of nitrogens with zero attached hydrogens (tertiary/aromatic N) is 2. The van der Waals surface area contributed by atoms with E-state index < -0.39 is 5.91 Å². The molecule has 5 rings (SSSR count). The zero-order valence-electron chi connectivity index (χ0n) is 17.4. The fraction of sp³-hybridized carbons (Fsp3) is 0. The highest BCUT2D eigenvalue weighted by Crippen LogP contribution is 2.29. The number of ether oxygens (including phenoxy) is 1. The summed E-state index contributed by atoms with van der Waals surface area (Å²) in [6, 6.07) is 24.2. The van der Waals surface area contributed by atoms with Gasteiger partial charge in [-0.15, -0.1) is 0 Å². The molecule has 6 nitrogen and oxygen atoms in total. The van der Waals surface area contributed by atoms with Crippen molar-refractivity contribution >= 4 is 22.5 Å². The van der Waals surface area contributed by atoms with E-state index in [-0.39, 0.29) is 11.5 Å². The highest BCUT2D eigenvalue weighted by molar-refractivity contribution is 5.94. The molecule has 0 saturated carbocycles. The number of primary amides is 1. The van der Waals surface area contributed by atoms with Crippen LogP contribution in [0.1, 0.15) is 10.5 Å². The minimum atomic E-state index is -0.620. The summed E-state index contributed by atoms with van der Waals surface area (Å²) < 4.78 is 20.7. The van der Waals surface area contributed by atoms with Crippen molar-refractivity contribution < 1.29 is 13.9 Å². The summed E-state index contributed by atoms with van der Waals surface area (Å²) in [5.74, 6) is 0.736. The van der Waals surface area contributed by atoms with Gasteiger partial charge in [0.25, 0.3) is 5.91 Å². The van der Waals surface area contributed by atoms with E-state index in [1.807, 2.05) is 53.2 Å². The Labute approximate surface area is 188 Å². The maximum atomic E-state index is 13.1. The second-order valence-electron chi connectivity index (χ2n) is 7.51. The summed E-state index contributed by atoms with van der Waals surface area (Å²) >= 11 is 0. The van der Waals surface area contributed by atoms with Gasteiger partial charge in [-0.05, 0) is 77.9 Å². The number of halogens is 1. The monoisotopic (exact) mass is 438 g/mol. The maximum absolute atomic E-state index is 13.1. The van der Waals surface area contributed by atoms with Crippen molar-refractivity contribution in [1.82, 2.24) is 9.55 Å². The number of rotatable bonds is 5. The number of nitrogen functional groups attached to an aromatic ring is 1. The fourth-order valence-electron chi connectivity index (χ4n) is 3.68. The Hall–Kier alpha value is -4.65. The molecule has 0 atom stereocenters. The van der Waals surface area contributed by atoms with Crippen LogP contribution >= 0.6 is 0 Å². The van der Waals surface area contributed by atoms with Gasteiger partial charge in [-0.25, -0.2) is 9.37 Å². The Morgan fingerprint density at radius 3 is 2.27 bits per heavy atom. The summed E-state index contributed by atoms with van der Waals surface area (Å²) in [4.78, 5) is 16.4. The lowest BCUT2D eigenvalue weighted by Gasteiger charge is -2.11. The molecule has 7 heteroatoms. The SMILES string of the molecule is NC(=O)c1cc(-c2ccc(Oc3ccc(F)cc3)cc2)cc(-n2ccc3c(N)cccc32)n1. The highest BCUT2D eigenvalue weighted by atomic mass is 19.1. The van der Waals surface area contributed by atoms with Crippen LogP contribution in [0.3, 0.4) is 0 Å². The van der Waals surface area contributed by atoms with Gasteiger partial charge in [0.1, 0.15) is 28.8 Å². The predicted molar refractivity (Wildman–Crippen MR) is 126 cm³/mol. The van der Waals surface area contributed by atoms with Crippen molar-refractivity contribution in [3.63, 3.8) is 0 Å². The minimum Gasteiger partial charge on any atom is -0.457 e. The van der Waals surface area contributed by atoms with Gasteiger partial charge in [-0.3, -0.25) is 4.79 Å². The molecule has 1 amide bonds. The van der Waals surface area contributed by atoms with Gasteiger partial charge in [0.15, 0.2) is 0 Å². The molecule has 3 aromatic carbocycles. The van der Waals surface area contributed by atoms with Gasteiger partial charge < -0.3 is 20.8 Å². The molecule has 0 aliphatic carbocycles. The average molecular weight is 438 g/mol. The molecule has 0 spiro atoms. The normalized spacial score (nSPS) is 10.9. The number of benzene rings is 3. The van der Waals surface area contributed by atoms with Crippen LogP contribution in [0.4, 0.5) is 10.1 Å². The molecule has 162 valence electrons. The molecule has 0 aliphatic heterocycles. The third kappa shape index (κ3) is 3.99. The van der Waals surface area contributed by atoms with E-state index in [0.29, 0.717) is 23.0 Å². The van der Waals surface area contributed by atoms with Gasteiger partial charge in [-0.1, -0.05) is 18.2 Å². The first-order valence-electron chi connectivity index (χ1n) is 10.2. The second-order valence-corrected chi connectivity index (χ2v) is 7.51. The van der Waals surface area contributed by atoms with Crippen molar-refractivity contribution in [1.29, 1.82) is 0 Å². The smallest absolute Gasteiger partial charge is 0.267 e. The number of carbonyl (C=O) groups is 1. The lowest BCUT2D eigenvalue weighted by atomic mass is 10.1. The second kappa shape index (κ2) is 8.12. The zero-order chi connectivity index (χ0) is 22.9. The lowest BCUT2D eigenvalue weighted by molar-refractivity contribution is 0.0995. The number of aromatic nitrogens is 2. The van der Waals surface area contributed by atoms with E-state index in [4.69, 9.17) is 16.2 Å². The predicted octanol–water partition coefficient (Wildman–Crippen LogP) is 5.31. The molecule has 0 unspecified atom stereocenters. The number of nitrogens with two attached hydrogens (primary N) is 2. The molecule has 0 radical (unpaired) electrons. The van der Waals surface area contributed by atoms with Gasteiger partial charge in [-0.2, -0.15) is 0 Å². The molecule has 5 aromatic rings. The van der Waals surface area contributed by atoms with Crippen LogP contribution in [-0.2, 0) is 0 Å². The number of amides is 1. The maximum Gasteiger partial charge on any atom is 0.267 e. The first kappa shape index (κ1) is 20.3. The average Bonchev–Trinajstić information content (AvgIpc) is 3.26. The Bertz CT molecular complexity index is 1480. The third-order valence-corrected chi connectivity index (χ3v) is 5.31. The van der Waals surface area contributed by atoms with Crippen LogP contribution < -0.4 is 16.2 Å².